The van der Waals surface area contributed by atoms with Gasteiger partial charge < -0.3 is 10.6 Å². The van der Waals surface area contributed by atoms with Crippen molar-refractivity contribution in [2.45, 2.75) is 13.5 Å². The van der Waals surface area contributed by atoms with E-state index in [-0.39, 0.29) is 6.54 Å². The molecule has 3 aromatic rings. The molecular formula is C19H19N5O2. The first kappa shape index (κ1) is 17.3. The highest BCUT2D eigenvalue weighted by Gasteiger charge is 2.14. The van der Waals surface area contributed by atoms with Crippen molar-refractivity contribution in [1.82, 2.24) is 20.1 Å². The molecule has 3 rings (SSSR count). The number of carbonyl (C=O) groups is 2. The van der Waals surface area contributed by atoms with Gasteiger partial charge in [-0.1, -0.05) is 18.2 Å². The lowest BCUT2D eigenvalue weighted by Gasteiger charge is -2.09. The normalized spacial score (nSPS) is 10.4. The molecule has 7 heteroatoms. The zero-order valence-electron chi connectivity index (χ0n) is 14.6. The van der Waals surface area contributed by atoms with E-state index in [4.69, 9.17) is 0 Å². The molecule has 2 heterocycles. The van der Waals surface area contributed by atoms with Crippen LogP contribution in [0.1, 0.15) is 11.1 Å². The number of anilines is 1. The van der Waals surface area contributed by atoms with Gasteiger partial charge in [-0.05, 0) is 35.7 Å². The minimum Gasteiger partial charge on any atom is -0.344 e. The maximum atomic E-state index is 12.0. The molecule has 0 aliphatic heterocycles. The van der Waals surface area contributed by atoms with E-state index in [0.29, 0.717) is 5.69 Å². The minimum absolute atomic E-state index is 0.256. The number of hydrogen-bond donors (Lipinski definition) is 2. The quantitative estimate of drug-likeness (QED) is 0.706. The molecule has 0 radical (unpaired) electrons. The molecule has 1 aromatic carbocycles. The van der Waals surface area contributed by atoms with Gasteiger partial charge in [-0.25, -0.2) is 0 Å². The molecule has 0 aliphatic rings. The average Bonchev–Trinajstić information content (AvgIpc) is 3.08. The molecule has 0 spiro atoms. The van der Waals surface area contributed by atoms with Gasteiger partial charge in [0.25, 0.3) is 0 Å². The molecule has 2 N–H and O–H groups in total. The van der Waals surface area contributed by atoms with Gasteiger partial charge in [-0.2, -0.15) is 5.10 Å². The summed E-state index contributed by atoms with van der Waals surface area (Å²) in [6.45, 7) is 2.09. The van der Waals surface area contributed by atoms with Gasteiger partial charge in [0.05, 0.1) is 18.1 Å². The summed E-state index contributed by atoms with van der Waals surface area (Å²) in [7, 11) is 1.86. The van der Waals surface area contributed by atoms with Gasteiger partial charge in [-0.15, -0.1) is 0 Å². The Balaban J connectivity index is 1.61. The second-order valence-electron chi connectivity index (χ2n) is 5.93. The fourth-order valence-electron chi connectivity index (χ4n) is 2.47. The number of aryl methyl sites for hydroxylation is 2. The number of hydrogen-bond acceptors (Lipinski definition) is 4. The number of benzene rings is 1. The molecule has 7 nitrogen and oxygen atoms in total. The lowest BCUT2D eigenvalue weighted by Crippen LogP contribution is -2.35. The van der Waals surface area contributed by atoms with Crippen LogP contribution in [-0.4, -0.2) is 26.6 Å². The van der Waals surface area contributed by atoms with E-state index in [1.54, 1.807) is 23.1 Å². The van der Waals surface area contributed by atoms with E-state index in [1.807, 2.05) is 44.4 Å². The summed E-state index contributed by atoms with van der Waals surface area (Å²) in [5.41, 5.74) is 4.24. The van der Waals surface area contributed by atoms with Crippen molar-refractivity contribution in [3.8, 4) is 11.1 Å². The van der Waals surface area contributed by atoms with E-state index in [9.17, 15) is 9.59 Å². The lowest BCUT2D eigenvalue weighted by atomic mass is 10.1. The van der Waals surface area contributed by atoms with Crippen molar-refractivity contribution in [3.05, 3.63) is 66.2 Å². The van der Waals surface area contributed by atoms with Gasteiger partial charge in [0, 0.05) is 31.5 Å². The largest absolute Gasteiger partial charge is 0.344 e. The van der Waals surface area contributed by atoms with Crippen LogP contribution < -0.4 is 10.6 Å². The molecule has 0 saturated heterocycles. The Labute approximate surface area is 151 Å². The van der Waals surface area contributed by atoms with E-state index < -0.39 is 11.8 Å². The first-order chi connectivity index (χ1) is 12.5. The Kier molecular flexibility index (Phi) is 5.07. The number of amides is 2. The highest BCUT2D eigenvalue weighted by atomic mass is 16.2. The summed E-state index contributed by atoms with van der Waals surface area (Å²) in [4.78, 5) is 28.0. The van der Waals surface area contributed by atoms with E-state index in [2.05, 4.69) is 20.7 Å². The highest BCUT2D eigenvalue weighted by Crippen LogP contribution is 2.19. The summed E-state index contributed by atoms with van der Waals surface area (Å²) in [5, 5.41) is 9.35. The highest BCUT2D eigenvalue weighted by molar-refractivity contribution is 6.39. The Hall–Kier alpha value is -3.48. The number of nitrogens with one attached hydrogen (secondary N) is 2. The number of pyridine rings is 1. The maximum absolute atomic E-state index is 12.0. The number of carbonyl (C=O) groups excluding carboxylic acids is 2. The lowest BCUT2D eigenvalue weighted by molar-refractivity contribution is -0.136. The van der Waals surface area contributed by atoms with Crippen molar-refractivity contribution >= 4 is 17.5 Å². The second kappa shape index (κ2) is 7.60. The van der Waals surface area contributed by atoms with Crippen LogP contribution in [-0.2, 0) is 23.2 Å². The van der Waals surface area contributed by atoms with Crippen LogP contribution in [0.2, 0.25) is 0 Å². The van der Waals surface area contributed by atoms with Crippen molar-refractivity contribution in [2.75, 3.05) is 5.32 Å². The standard InChI is InChI=1S/C19H19N5O2/c1-13-6-7-20-11-17(13)23-19(26)18(25)21-9-14-4-3-5-15(8-14)16-10-22-24(2)12-16/h3-8,10-12H,9H2,1-2H3,(H,21,25)(H,23,26). The van der Waals surface area contributed by atoms with Gasteiger partial charge >= 0.3 is 11.8 Å². The molecule has 0 bridgehead atoms. The van der Waals surface area contributed by atoms with Crippen LogP contribution in [0.3, 0.4) is 0 Å². The van der Waals surface area contributed by atoms with Gasteiger partial charge in [0.15, 0.2) is 0 Å². The number of rotatable bonds is 4. The third kappa shape index (κ3) is 4.13. The molecule has 2 aromatic heterocycles. The Morgan fingerprint density at radius 2 is 1.96 bits per heavy atom. The fourth-order valence-corrected chi connectivity index (χ4v) is 2.47. The van der Waals surface area contributed by atoms with Gasteiger partial charge in [-0.3, -0.25) is 19.3 Å². The van der Waals surface area contributed by atoms with Gasteiger partial charge in [0.2, 0.25) is 0 Å². The smallest absolute Gasteiger partial charge is 0.313 e. The minimum atomic E-state index is -0.718. The first-order valence-electron chi connectivity index (χ1n) is 8.10. The average molecular weight is 349 g/mol. The molecule has 2 amide bonds. The molecule has 26 heavy (non-hydrogen) atoms. The van der Waals surface area contributed by atoms with Crippen LogP contribution in [0.4, 0.5) is 5.69 Å². The monoisotopic (exact) mass is 349 g/mol. The van der Waals surface area contributed by atoms with E-state index in [0.717, 1.165) is 22.3 Å². The topological polar surface area (TPSA) is 88.9 Å². The third-order valence-electron chi connectivity index (χ3n) is 3.91. The van der Waals surface area contributed by atoms with Crippen LogP contribution in [0.15, 0.2) is 55.1 Å². The predicted octanol–water partition coefficient (Wildman–Crippen LogP) is 2.05. The molecule has 132 valence electrons. The molecule has 0 saturated carbocycles. The van der Waals surface area contributed by atoms with Crippen LogP contribution in [0, 0.1) is 6.92 Å². The summed E-state index contributed by atoms with van der Waals surface area (Å²) < 4.78 is 1.73. The summed E-state index contributed by atoms with van der Waals surface area (Å²) in [5.74, 6) is -1.41. The Morgan fingerprint density at radius 1 is 1.12 bits per heavy atom. The Bertz CT molecular complexity index is 948. The molecule has 0 fully saturated rings. The van der Waals surface area contributed by atoms with Crippen molar-refractivity contribution < 1.29 is 9.59 Å². The second-order valence-corrected chi connectivity index (χ2v) is 5.93. The Morgan fingerprint density at radius 3 is 2.69 bits per heavy atom. The predicted molar refractivity (Wildman–Crippen MR) is 98.1 cm³/mol. The fraction of sp³-hybridized carbons (Fsp3) is 0.158. The number of aromatic nitrogens is 3. The molecular weight excluding hydrogens is 330 g/mol. The van der Waals surface area contributed by atoms with E-state index >= 15 is 0 Å². The van der Waals surface area contributed by atoms with Crippen molar-refractivity contribution in [1.29, 1.82) is 0 Å². The maximum Gasteiger partial charge on any atom is 0.313 e. The van der Waals surface area contributed by atoms with Crippen LogP contribution >= 0.6 is 0 Å². The van der Waals surface area contributed by atoms with Crippen LogP contribution in [0.5, 0.6) is 0 Å². The SMILES string of the molecule is Cc1ccncc1NC(=O)C(=O)NCc1cccc(-c2cnn(C)c2)c1. The molecule has 0 aliphatic carbocycles. The van der Waals surface area contributed by atoms with Gasteiger partial charge in [0.1, 0.15) is 0 Å². The van der Waals surface area contributed by atoms with Crippen molar-refractivity contribution in [3.63, 3.8) is 0 Å². The third-order valence-corrected chi connectivity index (χ3v) is 3.91. The summed E-state index contributed by atoms with van der Waals surface area (Å²) in [6.07, 6.45) is 6.83. The molecule has 0 atom stereocenters. The van der Waals surface area contributed by atoms with E-state index in [1.165, 1.54) is 6.20 Å². The van der Waals surface area contributed by atoms with Crippen molar-refractivity contribution in [2.24, 2.45) is 7.05 Å². The zero-order valence-corrected chi connectivity index (χ0v) is 14.6. The molecule has 0 unspecified atom stereocenters. The number of nitrogens with zero attached hydrogens (tertiary/aromatic N) is 3. The first-order valence-corrected chi connectivity index (χ1v) is 8.10. The van der Waals surface area contributed by atoms with Crippen LogP contribution in [0.25, 0.3) is 11.1 Å². The summed E-state index contributed by atoms with van der Waals surface area (Å²) >= 11 is 0. The summed E-state index contributed by atoms with van der Waals surface area (Å²) in [6, 6.07) is 9.49. The zero-order chi connectivity index (χ0) is 18.5.